The van der Waals surface area contributed by atoms with Gasteiger partial charge in [-0.25, -0.2) is 13.1 Å². The number of benzene rings is 2. The van der Waals surface area contributed by atoms with Crippen molar-refractivity contribution in [2.45, 2.75) is 49.6 Å². The van der Waals surface area contributed by atoms with Crippen molar-refractivity contribution in [2.24, 2.45) is 0 Å². The Hall–Kier alpha value is -1.46. The minimum atomic E-state index is -3.65. The Morgan fingerprint density at radius 3 is 2.30 bits per heavy atom. The zero-order chi connectivity index (χ0) is 19.5. The average Bonchev–Trinajstić information content (AvgIpc) is 2.64. The van der Waals surface area contributed by atoms with Crippen molar-refractivity contribution in [2.75, 3.05) is 6.66 Å². The second-order valence-corrected chi connectivity index (χ2v) is 11.3. The molecule has 7 heteroatoms. The zero-order valence-electron chi connectivity index (χ0n) is 15.7. The Kier molecular flexibility index (Phi) is 6.21. The Labute approximate surface area is 161 Å². The SMILES string of the molecule is Cc1ccc(S(=O)(=O)N[C@H]2CCCC[C@@H]2OP(C)(=O)c2ccccc2)cc1. The van der Waals surface area contributed by atoms with E-state index < -0.39 is 23.5 Å². The van der Waals surface area contributed by atoms with E-state index in [1.807, 2.05) is 25.1 Å². The van der Waals surface area contributed by atoms with Crippen LogP contribution in [-0.2, 0) is 19.1 Å². The fraction of sp³-hybridized carbons (Fsp3) is 0.400. The fourth-order valence-corrected chi connectivity index (χ4v) is 6.26. The van der Waals surface area contributed by atoms with Crippen molar-refractivity contribution in [3.8, 4) is 0 Å². The number of hydrogen-bond donors (Lipinski definition) is 1. The molecule has 5 nitrogen and oxygen atoms in total. The second kappa shape index (κ2) is 8.27. The molecular weight excluding hydrogens is 381 g/mol. The highest BCUT2D eigenvalue weighted by atomic mass is 32.2. The molecule has 0 aliphatic heterocycles. The lowest BCUT2D eigenvalue weighted by Gasteiger charge is -2.33. The summed E-state index contributed by atoms with van der Waals surface area (Å²) in [6, 6.07) is 15.5. The van der Waals surface area contributed by atoms with E-state index in [4.69, 9.17) is 4.52 Å². The van der Waals surface area contributed by atoms with Crippen molar-refractivity contribution in [1.82, 2.24) is 4.72 Å². The van der Waals surface area contributed by atoms with Crippen LogP contribution in [0.5, 0.6) is 0 Å². The molecule has 0 saturated heterocycles. The van der Waals surface area contributed by atoms with Gasteiger partial charge in [-0.05, 0) is 44.0 Å². The van der Waals surface area contributed by atoms with Crippen LogP contribution in [0.1, 0.15) is 31.2 Å². The van der Waals surface area contributed by atoms with Gasteiger partial charge in [-0.3, -0.25) is 4.57 Å². The second-order valence-electron chi connectivity index (χ2n) is 7.15. The van der Waals surface area contributed by atoms with E-state index in [0.717, 1.165) is 18.4 Å². The molecule has 0 heterocycles. The zero-order valence-corrected chi connectivity index (χ0v) is 17.4. The number of sulfonamides is 1. The summed E-state index contributed by atoms with van der Waals surface area (Å²) < 4.78 is 47.4. The maximum Gasteiger partial charge on any atom is 0.240 e. The minimum absolute atomic E-state index is 0.236. The topological polar surface area (TPSA) is 72.5 Å². The number of hydrogen-bond acceptors (Lipinski definition) is 4. The molecule has 0 radical (unpaired) electrons. The molecule has 1 aliphatic rings. The van der Waals surface area contributed by atoms with Crippen LogP contribution < -0.4 is 10.0 Å². The smallest absolute Gasteiger partial charge is 0.240 e. The molecule has 2 aromatic carbocycles. The van der Waals surface area contributed by atoms with E-state index in [0.29, 0.717) is 18.1 Å². The lowest BCUT2D eigenvalue weighted by molar-refractivity contribution is 0.131. The Balaban J connectivity index is 1.77. The van der Waals surface area contributed by atoms with E-state index in [1.54, 1.807) is 43.1 Å². The summed E-state index contributed by atoms with van der Waals surface area (Å²) in [6.45, 7) is 3.51. The Bertz CT molecular complexity index is 913. The first-order valence-corrected chi connectivity index (χ1v) is 12.7. The van der Waals surface area contributed by atoms with Gasteiger partial charge < -0.3 is 4.52 Å². The van der Waals surface area contributed by atoms with Gasteiger partial charge in [0.05, 0.1) is 11.0 Å². The number of rotatable bonds is 6. The van der Waals surface area contributed by atoms with Gasteiger partial charge in [-0.15, -0.1) is 0 Å². The van der Waals surface area contributed by atoms with E-state index in [-0.39, 0.29) is 10.9 Å². The van der Waals surface area contributed by atoms with E-state index in [9.17, 15) is 13.0 Å². The number of aryl methyl sites for hydroxylation is 1. The van der Waals surface area contributed by atoms with Gasteiger partial charge in [0.2, 0.25) is 17.4 Å². The molecule has 0 bridgehead atoms. The third kappa shape index (κ3) is 5.08. The molecule has 0 aromatic heterocycles. The van der Waals surface area contributed by atoms with Crippen molar-refractivity contribution in [3.63, 3.8) is 0 Å². The van der Waals surface area contributed by atoms with Gasteiger partial charge >= 0.3 is 0 Å². The predicted molar refractivity (Wildman–Crippen MR) is 108 cm³/mol. The van der Waals surface area contributed by atoms with Crippen LogP contribution >= 0.6 is 7.37 Å². The van der Waals surface area contributed by atoms with Crippen LogP contribution in [0.4, 0.5) is 0 Å². The molecule has 0 spiro atoms. The van der Waals surface area contributed by atoms with E-state index >= 15 is 0 Å². The van der Waals surface area contributed by atoms with Crippen molar-refractivity contribution >= 4 is 22.7 Å². The van der Waals surface area contributed by atoms with Gasteiger partial charge in [-0.1, -0.05) is 48.7 Å². The van der Waals surface area contributed by atoms with Gasteiger partial charge in [0, 0.05) is 18.0 Å². The summed E-state index contributed by atoms with van der Waals surface area (Å²) in [6.07, 6.45) is 2.80. The maximum absolute atomic E-state index is 13.1. The normalized spacial score (nSPS) is 22.9. The highest BCUT2D eigenvalue weighted by Crippen LogP contribution is 2.45. The van der Waals surface area contributed by atoms with Gasteiger partial charge in [0.15, 0.2) is 0 Å². The predicted octanol–water partition coefficient (Wildman–Crippen LogP) is 3.83. The summed E-state index contributed by atoms with van der Waals surface area (Å²) in [7, 11) is -6.68. The first-order chi connectivity index (χ1) is 12.8. The van der Waals surface area contributed by atoms with E-state index in [1.165, 1.54) is 0 Å². The Morgan fingerprint density at radius 1 is 1.00 bits per heavy atom. The molecular formula is C20H26NO4PS. The lowest BCUT2D eigenvalue weighted by Crippen LogP contribution is -2.46. The molecule has 3 atom stereocenters. The van der Waals surface area contributed by atoms with Gasteiger partial charge in [0.1, 0.15) is 0 Å². The lowest BCUT2D eigenvalue weighted by atomic mass is 9.93. The highest BCUT2D eigenvalue weighted by molar-refractivity contribution is 7.89. The monoisotopic (exact) mass is 407 g/mol. The summed E-state index contributed by atoms with van der Waals surface area (Å²) in [5.41, 5.74) is 1.00. The first kappa shape index (κ1) is 20.3. The van der Waals surface area contributed by atoms with Crippen molar-refractivity contribution in [3.05, 3.63) is 60.2 Å². The average molecular weight is 407 g/mol. The summed E-state index contributed by atoms with van der Waals surface area (Å²) in [4.78, 5) is 0.236. The summed E-state index contributed by atoms with van der Waals surface area (Å²) in [5, 5.41) is 0.649. The quantitative estimate of drug-likeness (QED) is 0.739. The minimum Gasteiger partial charge on any atom is -0.320 e. The van der Waals surface area contributed by atoms with Gasteiger partial charge in [0.25, 0.3) is 0 Å². The van der Waals surface area contributed by atoms with Crippen LogP contribution in [0.2, 0.25) is 0 Å². The molecule has 146 valence electrons. The molecule has 2 aromatic rings. The maximum atomic E-state index is 13.1. The third-order valence-electron chi connectivity index (χ3n) is 4.90. The largest absolute Gasteiger partial charge is 0.320 e. The molecule has 1 fully saturated rings. The Morgan fingerprint density at radius 2 is 1.63 bits per heavy atom. The van der Waals surface area contributed by atoms with Gasteiger partial charge in [-0.2, -0.15) is 0 Å². The van der Waals surface area contributed by atoms with Crippen LogP contribution in [-0.4, -0.2) is 27.2 Å². The summed E-state index contributed by atoms with van der Waals surface area (Å²) in [5.74, 6) is 0. The first-order valence-electron chi connectivity index (χ1n) is 9.18. The summed E-state index contributed by atoms with van der Waals surface area (Å²) >= 11 is 0. The molecule has 1 N–H and O–H groups in total. The van der Waals surface area contributed by atoms with Crippen LogP contribution in [0.15, 0.2) is 59.5 Å². The molecule has 1 saturated carbocycles. The molecule has 1 aliphatic carbocycles. The standard InChI is InChI=1S/C20H26NO4PS/c1-16-12-14-18(15-13-16)27(23,24)21-19-10-6-7-11-20(19)25-26(2,22)17-8-4-3-5-9-17/h3-5,8-9,12-15,19-21H,6-7,10-11H2,1-2H3/t19-,20-,26?/m0/s1. The molecule has 1 unspecified atom stereocenters. The third-order valence-corrected chi connectivity index (χ3v) is 8.32. The molecule has 3 rings (SSSR count). The number of nitrogens with one attached hydrogen (secondary N) is 1. The molecule has 0 amide bonds. The van der Waals surface area contributed by atoms with Crippen LogP contribution in [0.25, 0.3) is 0 Å². The van der Waals surface area contributed by atoms with Crippen molar-refractivity contribution < 1.29 is 17.5 Å². The van der Waals surface area contributed by atoms with E-state index in [2.05, 4.69) is 4.72 Å². The van der Waals surface area contributed by atoms with Crippen LogP contribution in [0, 0.1) is 6.92 Å². The highest BCUT2D eigenvalue weighted by Gasteiger charge is 2.34. The fourth-order valence-electron chi connectivity index (χ4n) is 3.36. The van der Waals surface area contributed by atoms with Crippen LogP contribution in [0.3, 0.4) is 0 Å². The van der Waals surface area contributed by atoms with Crippen molar-refractivity contribution in [1.29, 1.82) is 0 Å². The molecule has 27 heavy (non-hydrogen) atoms.